The number of halogens is 3. The largest absolute Gasteiger partial charge is 0.444 e. The summed E-state index contributed by atoms with van der Waals surface area (Å²) in [5.74, 6) is -1.03. The molecule has 3 aromatic rings. The zero-order chi connectivity index (χ0) is 33.6. The molecule has 46 heavy (non-hydrogen) atoms. The van der Waals surface area contributed by atoms with Crippen molar-refractivity contribution >= 4 is 50.5 Å². The number of carbonyl (C=O) groups excluding carboxylic acids is 2. The predicted octanol–water partition coefficient (Wildman–Crippen LogP) is 5.45. The maximum Gasteiger partial charge on any atom is 0.420 e. The van der Waals surface area contributed by atoms with Crippen molar-refractivity contribution in [2.45, 2.75) is 50.8 Å². The van der Waals surface area contributed by atoms with E-state index >= 15 is 0 Å². The molecule has 16 heteroatoms. The first-order valence-corrected chi connectivity index (χ1v) is 17.1. The van der Waals surface area contributed by atoms with Gasteiger partial charge in [-0.1, -0.05) is 6.92 Å². The molecule has 0 atom stereocenters. The van der Waals surface area contributed by atoms with Crippen LogP contribution in [-0.2, 0) is 27.2 Å². The van der Waals surface area contributed by atoms with Crippen LogP contribution in [0.25, 0.3) is 10.6 Å². The van der Waals surface area contributed by atoms with Crippen molar-refractivity contribution in [1.29, 1.82) is 0 Å². The highest BCUT2D eigenvalue weighted by molar-refractivity contribution is 7.91. The molecule has 248 valence electrons. The van der Waals surface area contributed by atoms with Gasteiger partial charge in [-0.25, -0.2) is 23.2 Å². The van der Waals surface area contributed by atoms with Gasteiger partial charge in [-0.15, -0.1) is 11.3 Å². The predicted molar refractivity (Wildman–Crippen MR) is 168 cm³/mol. The average molecular weight is 681 g/mol. The summed E-state index contributed by atoms with van der Waals surface area (Å²) in [5.41, 5.74) is 0.126. The minimum atomic E-state index is -4.83. The van der Waals surface area contributed by atoms with Gasteiger partial charge in [0.1, 0.15) is 16.0 Å². The van der Waals surface area contributed by atoms with Gasteiger partial charge in [0.25, 0.3) is 5.91 Å². The minimum Gasteiger partial charge on any atom is -0.444 e. The third kappa shape index (κ3) is 7.07. The first-order valence-electron chi connectivity index (χ1n) is 14.7. The normalized spacial score (nSPS) is 17.0. The van der Waals surface area contributed by atoms with Crippen LogP contribution in [0.2, 0.25) is 0 Å². The zero-order valence-corrected chi connectivity index (χ0v) is 27.7. The molecule has 2 amide bonds. The molecule has 0 aliphatic carbocycles. The molecule has 0 radical (unpaired) electrons. The number of benzene rings is 1. The van der Waals surface area contributed by atoms with Crippen molar-refractivity contribution < 1.29 is 35.9 Å². The Bertz CT molecular complexity index is 1760. The Hall–Kier alpha value is -3.92. The number of aromatic nitrogens is 2. The number of rotatable bonds is 5. The molecule has 2 aromatic heterocycles. The lowest BCUT2D eigenvalue weighted by molar-refractivity contribution is -0.137. The van der Waals surface area contributed by atoms with E-state index < -0.39 is 38.8 Å². The summed E-state index contributed by atoms with van der Waals surface area (Å²) in [5, 5.41) is 3.02. The fourth-order valence-electron chi connectivity index (χ4n) is 5.14. The molecule has 0 spiro atoms. The summed E-state index contributed by atoms with van der Waals surface area (Å²) in [6.07, 6.45) is -3.94. The highest BCUT2D eigenvalue weighted by Gasteiger charge is 2.38. The quantitative estimate of drug-likeness (QED) is 0.375. The smallest absolute Gasteiger partial charge is 0.420 e. The summed E-state index contributed by atoms with van der Waals surface area (Å²) in [4.78, 5) is 37.9. The van der Waals surface area contributed by atoms with Gasteiger partial charge in [-0.05, 0) is 57.0 Å². The van der Waals surface area contributed by atoms with Crippen LogP contribution in [0.3, 0.4) is 0 Å². The third-order valence-electron chi connectivity index (χ3n) is 7.61. The van der Waals surface area contributed by atoms with Crippen LogP contribution >= 0.6 is 11.3 Å². The third-order valence-corrected chi connectivity index (χ3v) is 10.6. The number of piperazine rings is 1. The van der Waals surface area contributed by atoms with E-state index in [0.29, 0.717) is 55.8 Å². The first-order chi connectivity index (χ1) is 21.5. The second-order valence-electron chi connectivity index (χ2n) is 12.1. The molecule has 0 bridgehead atoms. The molecule has 1 N–H and O–H groups in total. The fourth-order valence-corrected chi connectivity index (χ4v) is 8.17. The number of hydrogen-bond donors (Lipinski definition) is 1. The lowest BCUT2D eigenvalue weighted by Crippen LogP contribution is -2.50. The highest BCUT2D eigenvalue weighted by atomic mass is 32.2. The molecule has 1 fully saturated rings. The van der Waals surface area contributed by atoms with Gasteiger partial charge in [0.2, 0.25) is 5.95 Å². The maximum atomic E-state index is 14.1. The van der Waals surface area contributed by atoms with Crippen molar-refractivity contribution in [3.63, 3.8) is 0 Å². The van der Waals surface area contributed by atoms with Crippen LogP contribution in [0, 0.1) is 0 Å². The van der Waals surface area contributed by atoms with Gasteiger partial charge in [0.05, 0.1) is 21.2 Å². The number of nitrogens with zero attached hydrogens (tertiary/aromatic N) is 5. The van der Waals surface area contributed by atoms with Gasteiger partial charge < -0.3 is 24.8 Å². The van der Waals surface area contributed by atoms with E-state index in [-0.39, 0.29) is 39.0 Å². The molecule has 0 saturated carbocycles. The molecular weight excluding hydrogens is 645 g/mol. The van der Waals surface area contributed by atoms with E-state index in [0.717, 1.165) is 17.3 Å². The molecule has 1 aromatic carbocycles. The number of fused-ring (bicyclic) bond motifs is 1. The molecule has 0 unspecified atom stereocenters. The van der Waals surface area contributed by atoms with Crippen LogP contribution in [-0.4, -0.2) is 91.3 Å². The molecular formula is C30H35F3N6O5S2. The summed E-state index contributed by atoms with van der Waals surface area (Å²) >= 11 is 0.665. The maximum absolute atomic E-state index is 14.1. The molecule has 1 saturated heterocycles. The molecule has 2 aliphatic rings. The van der Waals surface area contributed by atoms with Crippen LogP contribution in [0.15, 0.2) is 35.4 Å². The Morgan fingerprint density at radius 2 is 1.78 bits per heavy atom. The summed E-state index contributed by atoms with van der Waals surface area (Å²) in [6, 6.07) is 6.74. The Balaban J connectivity index is 1.41. The van der Waals surface area contributed by atoms with Gasteiger partial charge in [0.15, 0.2) is 9.84 Å². The topological polar surface area (TPSA) is 125 Å². The second-order valence-corrected chi connectivity index (χ2v) is 15.2. The van der Waals surface area contributed by atoms with E-state index in [2.05, 4.69) is 20.2 Å². The Morgan fingerprint density at radius 1 is 1.09 bits per heavy atom. The monoisotopic (exact) mass is 680 g/mol. The summed E-state index contributed by atoms with van der Waals surface area (Å²) in [6.45, 7) is 9.57. The van der Waals surface area contributed by atoms with Crippen molar-refractivity contribution in [1.82, 2.24) is 19.8 Å². The SMILES string of the molecule is CCc1cc(N2CCN(C(=O)OC(C)(C)C)CC2)ccc1Nc1ncc(C(F)(F)F)c(-c2cc3c(s2)C(=O)N(C)CCS3(=O)=O)n1. The first kappa shape index (κ1) is 33.4. The van der Waals surface area contributed by atoms with E-state index in [4.69, 9.17) is 4.74 Å². The Labute approximate surface area is 269 Å². The number of aryl methyl sites for hydroxylation is 1. The number of ether oxygens (including phenoxy) is 1. The Morgan fingerprint density at radius 3 is 2.41 bits per heavy atom. The molecule has 5 rings (SSSR count). The van der Waals surface area contributed by atoms with Crippen LogP contribution in [0.1, 0.15) is 48.5 Å². The highest BCUT2D eigenvalue weighted by Crippen LogP contribution is 2.42. The van der Waals surface area contributed by atoms with Gasteiger partial charge in [-0.2, -0.15) is 13.2 Å². The van der Waals surface area contributed by atoms with Gasteiger partial charge in [-0.3, -0.25) is 4.79 Å². The van der Waals surface area contributed by atoms with Crippen molar-refractivity contribution in [2.75, 3.05) is 55.7 Å². The number of carbonyl (C=O) groups is 2. The number of thiophene rings is 1. The fraction of sp³-hybridized carbons (Fsp3) is 0.467. The molecule has 4 heterocycles. The van der Waals surface area contributed by atoms with Gasteiger partial charge >= 0.3 is 12.3 Å². The van der Waals surface area contributed by atoms with E-state index in [1.54, 1.807) is 11.0 Å². The van der Waals surface area contributed by atoms with Crippen LogP contribution < -0.4 is 10.2 Å². The zero-order valence-electron chi connectivity index (χ0n) is 26.1. The lowest BCUT2D eigenvalue weighted by Gasteiger charge is -2.37. The van der Waals surface area contributed by atoms with Crippen molar-refractivity contribution in [3.8, 4) is 10.6 Å². The van der Waals surface area contributed by atoms with E-state index in [1.807, 2.05) is 39.8 Å². The number of sulfone groups is 1. The molecule has 2 aliphatic heterocycles. The second kappa shape index (κ2) is 12.4. The van der Waals surface area contributed by atoms with Crippen LogP contribution in [0.4, 0.5) is 35.3 Å². The number of nitrogens with one attached hydrogen (secondary N) is 1. The average Bonchev–Trinajstić information content (AvgIpc) is 3.42. The number of anilines is 3. The number of amides is 2. The van der Waals surface area contributed by atoms with Gasteiger partial charge in [0, 0.05) is 57.3 Å². The summed E-state index contributed by atoms with van der Waals surface area (Å²) in [7, 11) is -2.45. The Kier molecular flexibility index (Phi) is 8.98. The van der Waals surface area contributed by atoms with Crippen molar-refractivity contribution in [3.05, 3.63) is 46.5 Å². The lowest BCUT2D eigenvalue weighted by atomic mass is 10.1. The summed E-state index contributed by atoms with van der Waals surface area (Å²) < 4.78 is 73.5. The minimum absolute atomic E-state index is 0.0197. The van der Waals surface area contributed by atoms with E-state index in [9.17, 15) is 31.2 Å². The number of hydrogen-bond acceptors (Lipinski definition) is 10. The standard InChI is InChI=1S/C30H35F3N6O5S2/c1-6-18-15-19(38-9-11-39(12-10-38)28(41)44-29(2,3)4)7-8-21(18)35-27-34-17-20(30(31,32)33)24(36-27)22-16-23-25(45-22)26(40)37(5)13-14-46(23,42)43/h7-8,15-17H,6,9-14H2,1-5H3,(H,34,35,36). The van der Waals surface area contributed by atoms with Crippen LogP contribution in [0.5, 0.6) is 0 Å². The molecule has 11 nitrogen and oxygen atoms in total. The number of alkyl halides is 3. The van der Waals surface area contributed by atoms with E-state index in [1.165, 1.54) is 11.9 Å². The van der Waals surface area contributed by atoms with Crippen molar-refractivity contribution in [2.24, 2.45) is 0 Å².